The Morgan fingerprint density at radius 3 is 2.22 bits per heavy atom. The summed E-state index contributed by atoms with van der Waals surface area (Å²) in [5.74, 6) is -0.607. The molecule has 4 amide bonds. The average molecular weight is 919 g/mol. The van der Waals surface area contributed by atoms with E-state index >= 15 is 0 Å². The zero-order valence-corrected chi connectivity index (χ0v) is 40.6. The number of hydrogen-bond acceptors (Lipinski definition) is 10. The number of ketones is 1. The number of carbonyl (C=O) groups excluding carboxylic acids is 5. The molecular weight excluding hydrogens is 845 g/mol. The number of para-hydroxylation sites is 1. The van der Waals surface area contributed by atoms with Gasteiger partial charge in [-0.25, -0.2) is 4.68 Å². The molecule has 0 aliphatic carbocycles. The minimum atomic E-state index is -0.516. The quantitative estimate of drug-likeness (QED) is 0.0399. The number of fused-ring (bicyclic) bond motifs is 5. The predicted octanol–water partition coefficient (Wildman–Crippen LogP) is 7.05. The molecule has 0 saturated heterocycles. The first kappa shape index (κ1) is 52.1. The molecule has 67 heavy (non-hydrogen) atoms. The second-order valence-electron chi connectivity index (χ2n) is 19.5. The van der Waals surface area contributed by atoms with Gasteiger partial charge in [-0.3, -0.25) is 24.0 Å². The molecular formula is C51H72BN9O6. The molecule has 0 unspecified atom stereocenters. The van der Waals surface area contributed by atoms with Crippen molar-refractivity contribution in [3.63, 3.8) is 0 Å². The second kappa shape index (κ2) is 25.9. The van der Waals surface area contributed by atoms with Crippen molar-refractivity contribution in [2.24, 2.45) is 22.3 Å². The van der Waals surface area contributed by atoms with Crippen LogP contribution < -0.4 is 32.3 Å². The van der Waals surface area contributed by atoms with Gasteiger partial charge in [-0.1, -0.05) is 101 Å². The molecule has 15 nitrogen and oxygen atoms in total. The molecule has 1 aromatic heterocycles. The van der Waals surface area contributed by atoms with Crippen LogP contribution in [0.3, 0.4) is 0 Å². The summed E-state index contributed by atoms with van der Waals surface area (Å²) in [6.07, 6.45) is 4.74. The number of nitrogens with two attached hydrogens (primary N) is 2. The van der Waals surface area contributed by atoms with E-state index in [4.69, 9.17) is 11.9 Å². The van der Waals surface area contributed by atoms with Crippen LogP contribution in [0.25, 0.3) is 22.5 Å². The van der Waals surface area contributed by atoms with E-state index in [1.54, 1.807) is 11.0 Å². The third-order valence-electron chi connectivity index (χ3n) is 11.3. The van der Waals surface area contributed by atoms with Crippen LogP contribution in [-0.4, -0.2) is 70.7 Å². The van der Waals surface area contributed by atoms with Crippen molar-refractivity contribution in [3.8, 4) is 22.5 Å². The molecule has 0 bridgehead atoms. The topological polar surface area (TPSA) is 224 Å². The Balaban J connectivity index is 0.00000327. The van der Waals surface area contributed by atoms with Crippen LogP contribution in [0.5, 0.6) is 0 Å². The minimum absolute atomic E-state index is 0.0141. The van der Waals surface area contributed by atoms with Crippen LogP contribution in [0.4, 0.5) is 5.69 Å². The Hall–Kier alpha value is -5.87. The van der Waals surface area contributed by atoms with Crippen LogP contribution in [0.15, 0.2) is 66.7 Å². The van der Waals surface area contributed by atoms with Crippen molar-refractivity contribution in [2.75, 3.05) is 18.0 Å². The van der Waals surface area contributed by atoms with Gasteiger partial charge in [-0.2, -0.15) is 0 Å². The number of unbranched alkanes of at least 4 members (excludes halogenated alkanes) is 2. The Kier molecular flexibility index (Phi) is 20.1. The molecule has 5 rings (SSSR count). The molecule has 7 N–H and O–H groups in total. The normalized spacial score (nSPS) is 12.6. The molecule has 0 fully saturated rings. The zero-order valence-electron chi connectivity index (χ0n) is 41.6. The molecule has 1 atom stereocenters. The van der Waals surface area contributed by atoms with E-state index in [-0.39, 0.29) is 66.2 Å². The monoisotopic (exact) mass is 919 g/mol. The van der Waals surface area contributed by atoms with Crippen molar-refractivity contribution in [3.05, 3.63) is 89.0 Å². The minimum Gasteiger partial charge on any atom is -0.356 e. The summed E-state index contributed by atoms with van der Waals surface area (Å²) in [6.45, 7) is 16.2. The summed E-state index contributed by atoms with van der Waals surface area (Å²) >= 11 is 0. The van der Waals surface area contributed by atoms with Crippen LogP contribution in [-0.2, 0) is 50.1 Å². The van der Waals surface area contributed by atoms with Gasteiger partial charge in [-0.05, 0) is 78.2 Å². The van der Waals surface area contributed by atoms with Gasteiger partial charge in [0.05, 0.1) is 24.0 Å². The third kappa shape index (κ3) is 17.1. The molecule has 16 heteroatoms. The van der Waals surface area contributed by atoms with Gasteiger partial charge >= 0.3 is 18.7 Å². The number of carbonyl (C=O) groups is 5. The molecule has 360 valence electrons. The Labute approximate surface area is 398 Å². The van der Waals surface area contributed by atoms with Crippen LogP contribution in [0.1, 0.15) is 133 Å². The van der Waals surface area contributed by atoms with Gasteiger partial charge < -0.3 is 32.3 Å². The number of aryl methyl sites for hydroxylation is 1. The number of nitrogens with zero attached hydrogens (tertiary/aromatic N) is 4. The van der Waals surface area contributed by atoms with Gasteiger partial charge in [0.2, 0.25) is 17.7 Å². The summed E-state index contributed by atoms with van der Waals surface area (Å²) in [7, 11) is 0.750. The summed E-state index contributed by atoms with van der Waals surface area (Å²) in [4.78, 5) is 66.9. The summed E-state index contributed by atoms with van der Waals surface area (Å²) in [5, 5.41) is 18.1. The maximum Gasteiger partial charge on any atom is 0.251 e. The summed E-state index contributed by atoms with van der Waals surface area (Å²) in [6, 6.07) is 20.5. The van der Waals surface area contributed by atoms with Crippen LogP contribution in [0.2, 0.25) is 8.23 Å². The predicted molar refractivity (Wildman–Crippen MR) is 264 cm³/mol. The smallest absolute Gasteiger partial charge is 0.251 e. The van der Waals surface area contributed by atoms with Crippen molar-refractivity contribution in [1.82, 2.24) is 30.9 Å². The largest absolute Gasteiger partial charge is 0.356 e. The summed E-state index contributed by atoms with van der Waals surface area (Å²) in [5.41, 5.74) is 15.3. The third-order valence-corrected chi connectivity index (χ3v) is 11.3. The van der Waals surface area contributed by atoms with Gasteiger partial charge in [0.1, 0.15) is 12.9 Å². The number of aromatic nitrogens is 3. The number of benzene rings is 3. The number of rotatable bonds is 22. The maximum atomic E-state index is 14.0. The molecule has 3 aromatic carbocycles. The number of anilines is 1. The first-order valence-electron chi connectivity index (χ1n) is 24.0. The van der Waals surface area contributed by atoms with E-state index in [0.29, 0.717) is 88.1 Å². The van der Waals surface area contributed by atoms with Gasteiger partial charge in [-0.15, -0.1) is 5.10 Å². The van der Waals surface area contributed by atoms with Crippen LogP contribution >= 0.6 is 0 Å². The summed E-state index contributed by atoms with van der Waals surface area (Å²) < 4.78 is 18.3. The fourth-order valence-electron chi connectivity index (χ4n) is 7.60. The Morgan fingerprint density at radius 1 is 0.821 bits per heavy atom. The number of Topliss-reactive ketones (excluding diaryl/α,β-unsaturated/α-hetero) is 1. The molecule has 4 aromatic rings. The molecule has 2 heterocycles. The van der Waals surface area contributed by atoms with E-state index in [9.17, 15) is 24.0 Å². The van der Waals surface area contributed by atoms with Gasteiger partial charge in [0.15, 0.2) is 0 Å². The maximum absolute atomic E-state index is 14.0. The molecule has 1 aliphatic heterocycles. The van der Waals surface area contributed by atoms with E-state index in [1.165, 1.54) is 6.82 Å². The molecule has 0 saturated carbocycles. The van der Waals surface area contributed by atoms with E-state index in [2.05, 4.69) is 73.5 Å². The number of hydrogen-bond donors (Lipinski definition) is 5. The van der Waals surface area contributed by atoms with Crippen LogP contribution in [0, 0.1) is 10.8 Å². The van der Waals surface area contributed by atoms with E-state index in [1.807, 2.05) is 65.3 Å². The van der Waals surface area contributed by atoms with Gasteiger partial charge in [0.25, 0.3) is 5.91 Å². The first-order valence-corrected chi connectivity index (χ1v) is 23.5. The van der Waals surface area contributed by atoms with Crippen molar-refractivity contribution >= 4 is 42.2 Å². The van der Waals surface area contributed by atoms with E-state index in [0.717, 1.165) is 47.1 Å². The standard InChI is InChI=1S/C50H69N9O5.CH3BO/c1-49(2,3)26-25-42(60)40(52)18-11-13-27-53-44(62)23-24-45(63)58-32-35-15-7-8-16-37(35)47-46(39-17-9-10-19-41(39)58)56-57-59(47)28-14-12-20-43(61)54-31-34-21-22-38(36(29-34)30-51)48(64)55-33-50(4,5)6;1-2-3/h7-10,15-17,19,21-22,29,40H,11-14,18,20,23-28,30-33,51-52H2,1-6H3,(H,53,62)(H,54,61)(H,55,64);1H3/t40-;/m0./s1/i/hD. The average Bonchev–Trinajstić information content (AvgIpc) is 3.72. The van der Waals surface area contributed by atoms with Crippen molar-refractivity contribution < 1.29 is 30.1 Å². The SMILES string of the molecule is CB=O.[2H]N[C@@H](CCCCNC(=O)CCC(=O)N1Cc2ccccc2-c2c(nnn2CCCCC(=O)NCc2ccc(C(=O)NCC(C)(C)C)c(CN)c2)-c2ccccc21)C(=O)CCC(C)(C)C. The first-order chi connectivity index (χ1) is 32.4. The fraction of sp³-hybridized carbons (Fsp3) is 0.510. The Bertz CT molecular complexity index is 2340. The number of amides is 4. The Morgan fingerprint density at radius 2 is 1.52 bits per heavy atom. The zero-order chi connectivity index (χ0) is 49.9. The van der Waals surface area contributed by atoms with Gasteiger partial charge in [0, 0.05) is 75.1 Å². The molecule has 0 spiro atoms. The second-order valence-corrected chi connectivity index (χ2v) is 19.5. The molecule has 1 aliphatic rings. The van der Waals surface area contributed by atoms with Crippen molar-refractivity contribution in [2.45, 2.75) is 145 Å². The van der Waals surface area contributed by atoms with Crippen molar-refractivity contribution in [1.29, 1.82) is 0 Å². The molecule has 0 radical (unpaired) electrons. The number of nitrogens with one attached hydrogen (secondary N) is 3. The van der Waals surface area contributed by atoms with E-state index < -0.39 is 6.04 Å². The fourth-order valence-corrected chi connectivity index (χ4v) is 7.60.